The Morgan fingerprint density at radius 3 is 2.58 bits per heavy atom. The smallest absolute Gasteiger partial charge is 0.245 e. The Balaban J connectivity index is 1.58. The number of nitrogens with one attached hydrogen (secondary N) is 1. The zero-order valence-electron chi connectivity index (χ0n) is 14.2. The highest BCUT2D eigenvalue weighted by molar-refractivity contribution is 6.30. The van der Waals surface area contributed by atoms with Gasteiger partial charge in [-0.25, -0.2) is 5.43 Å². The Hall–Kier alpha value is -2.86. The maximum Gasteiger partial charge on any atom is 0.245 e. The minimum absolute atomic E-state index is 0.0861. The molecule has 0 aliphatic carbocycles. The number of hydrazone groups is 1. The summed E-state index contributed by atoms with van der Waals surface area (Å²) in [5.41, 5.74) is 4.06. The summed E-state index contributed by atoms with van der Waals surface area (Å²) in [5.74, 6) is -0.0882. The predicted molar refractivity (Wildman–Crippen MR) is 101 cm³/mol. The van der Waals surface area contributed by atoms with Crippen molar-refractivity contribution in [3.63, 3.8) is 0 Å². The number of rotatable bonds is 5. The SMILES string of the molecule is COc1ccc(N2CC(C(=O)NN=Cc3ccc(Cl)cc3)CC2=O)cc1. The fourth-order valence-electron chi connectivity index (χ4n) is 2.71. The maximum atomic E-state index is 12.3. The van der Waals surface area contributed by atoms with Gasteiger partial charge in [0.05, 0.1) is 19.2 Å². The van der Waals surface area contributed by atoms with Crippen molar-refractivity contribution in [2.24, 2.45) is 11.0 Å². The van der Waals surface area contributed by atoms with Gasteiger partial charge in [0.2, 0.25) is 11.8 Å². The van der Waals surface area contributed by atoms with E-state index in [1.807, 2.05) is 0 Å². The van der Waals surface area contributed by atoms with E-state index in [0.717, 1.165) is 11.3 Å². The Morgan fingerprint density at radius 1 is 1.23 bits per heavy atom. The average molecular weight is 372 g/mol. The molecule has 1 fully saturated rings. The number of methoxy groups -OCH3 is 1. The van der Waals surface area contributed by atoms with Crippen molar-refractivity contribution < 1.29 is 14.3 Å². The first-order chi connectivity index (χ1) is 12.6. The van der Waals surface area contributed by atoms with Gasteiger partial charge < -0.3 is 9.64 Å². The van der Waals surface area contributed by atoms with Crippen molar-refractivity contribution in [1.29, 1.82) is 0 Å². The molecule has 0 saturated carbocycles. The van der Waals surface area contributed by atoms with Gasteiger partial charge in [-0.05, 0) is 42.0 Å². The largest absolute Gasteiger partial charge is 0.497 e. The van der Waals surface area contributed by atoms with Gasteiger partial charge >= 0.3 is 0 Å². The van der Waals surface area contributed by atoms with E-state index < -0.39 is 5.92 Å². The average Bonchev–Trinajstić information content (AvgIpc) is 3.05. The van der Waals surface area contributed by atoms with Crippen molar-refractivity contribution in [2.45, 2.75) is 6.42 Å². The van der Waals surface area contributed by atoms with Crippen LogP contribution in [0.2, 0.25) is 5.02 Å². The fourth-order valence-corrected chi connectivity index (χ4v) is 2.83. The lowest BCUT2D eigenvalue weighted by atomic mass is 10.1. The third kappa shape index (κ3) is 4.21. The van der Waals surface area contributed by atoms with Gasteiger partial charge in [0, 0.05) is 23.7 Å². The van der Waals surface area contributed by atoms with Crippen LogP contribution in [0.3, 0.4) is 0 Å². The molecule has 2 amide bonds. The molecule has 26 heavy (non-hydrogen) atoms. The maximum absolute atomic E-state index is 12.3. The topological polar surface area (TPSA) is 71.0 Å². The van der Waals surface area contributed by atoms with E-state index >= 15 is 0 Å². The van der Waals surface area contributed by atoms with Crippen LogP contribution in [-0.2, 0) is 9.59 Å². The van der Waals surface area contributed by atoms with E-state index in [-0.39, 0.29) is 18.2 Å². The number of hydrogen-bond donors (Lipinski definition) is 1. The van der Waals surface area contributed by atoms with E-state index in [4.69, 9.17) is 16.3 Å². The third-order valence-electron chi connectivity index (χ3n) is 4.14. The van der Waals surface area contributed by atoms with Crippen LogP contribution in [0.25, 0.3) is 0 Å². The monoisotopic (exact) mass is 371 g/mol. The molecule has 0 bridgehead atoms. The number of hydrogen-bond acceptors (Lipinski definition) is 4. The Morgan fingerprint density at radius 2 is 1.92 bits per heavy atom. The highest BCUT2D eigenvalue weighted by atomic mass is 35.5. The molecular formula is C19H18ClN3O3. The molecule has 134 valence electrons. The van der Waals surface area contributed by atoms with Crippen LogP contribution in [0, 0.1) is 5.92 Å². The van der Waals surface area contributed by atoms with E-state index in [1.165, 1.54) is 6.21 Å². The summed E-state index contributed by atoms with van der Waals surface area (Å²) in [4.78, 5) is 26.1. The van der Waals surface area contributed by atoms with Crippen LogP contribution in [0.15, 0.2) is 53.6 Å². The summed E-state index contributed by atoms with van der Waals surface area (Å²) in [6.45, 7) is 0.327. The summed E-state index contributed by atoms with van der Waals surface area (Å²) < 4.78 is 5.11. The van der Waals surface area contributed by atoms with Gasteiger partial charge in [0.25, 0.3) is 0 Å². The number of anilines is 1. The molecule has 1 atom stereocenters. The van der Waals surface area contributed by atoms with E-state index in [9.17, 15) is 9.59 Å². The van der Waals surface area contributed by atoms with Gasteiger partial charge in [0.15, 0.2) is 0 Å². The lowest BCUT2D eigenvalue weighted by molar-refractivity contribution is -0.126. The van der Waals surface area contributed by atoms with Crippen LogP contribution in [-0.4, -0.2) is 31.7 Å². The van der Waals surface area contributed by atoms with Gasteiger partial charge in [0.1, 0.15) is 5.75 Å². The van der Waals surface area contributed by atoms with Gasteiger partial charge in [-0.1, -0.05) is 23.7 Å². The molecule has 1 aliphatic rings. The summed E-state index contributed by atoms with van der Waals surface area (Å²) in [6, 6.07) is 14.2. The molecule has 0 radical (unpaired) electrons. The number of benzene rings is 2. The van der Waals surface area contributed by atoms with Crippen LogP contribution in [0.5, 0.6) is 5.75 Å². The highest BCUT2D eigenvalue weighted by Gasteiger charge is 2.35. The number of ether oxygens (including phenoxy) is 1. The second kappa shape index (κ2) is 8.01. The number of carbonyl (C=O) groups is 2. The zero-order valence-corrected chi connectivity index (χ0v) is 14.9. The minimum Gasteiger partial charge on any atom is -0.497 e. The van der Waals surface area contributed by atoms with Crippen LogP contribution < -0.4 is 15.1 Å². The molecule has 1 unspecified atom stereocenters. The third-order valence-corrected chi connectivity index (χ3v) is 4.39. The Labute approximate surface area is 156 Å². The summed E-state index contributed by atoms with van der Waals surface area (Å²) >= 11 is 5.82. The lowest BCUT2D eigenvalue weighted by Crippen LogP contribution is -2.30. The first kappa shape index (κ1) is 17.9. The Bertz CT molecular complexity index is 819. The van der Waals surface area contributed by atoms with E-state index in [2.05, 4.69) is 10.5 Å². The molecule has 1 saturated heterocycles. The number of halogens is 1. The second-order valence-corrected chi connectivity index (χ2v) is 6.33. The molecule has 0 aromatic heterocycles. The first-order valence-electron chi connectivity index (χ1n) is 8.09. The number of amides is 2. The van der Waals surface area contributed by atoms with Crippen molar-refractivity contribution >= 4 is 35.3 Å². The van der Waals surface area contributed by atoms with E-state index in [0.29, 0.717) is 17.3 Å². The highest BCUT2D eigenvalue weighted by Crippen LogP contribution is 2.26. The molecule has 6 nitrogen and oxygen atoms in total. The number of nitrogens with zero attached hydrogens (tertiary/aromatic N) is 2. The van der Waals surface area contributed by atoms with E-state index in [1.54, 1.807) is 60.5 Å². The minimum atomic E-state index is -0.438. The van der Waals surface area contributed by atoms with Gasteiger partial charge in [-0.3, -0.25) is 9.59 Å². The van der Waals surface area contributed by atoms with Crippen molar-refractivity contribution in [3.8, 4) is 5.75 Å². The van der Waals surface area contributed by atoms with Gasteiger partial charge in [-0.15, -0.1) is 0 Å². The van der Waals surface area contributed by atoms with Crippen molar-refractivity contribution in [3.05, 3.63) is 59.1 Å². The molecule has 2 aromatic carbocycles. The van der Waals surface area contributed by atoms with Crippen LogP contribution in [0.4, 0.5) is 5.69 Å². The first-order valence-corrected chi connectivity index (χ1v) is 8.47. The lowest BCUT2D eigenvalue weighted by Gasteiger charge is -2.16. The molecule has 0 spiro atoms. The summed E-state index contributed by atoms with van der Waals surface area (Å²) in [5, 5.41) is 4.58. The molecule has 1 N–H and O–H groups in total. The van der Waals surface area contributed by atoms with Crippen LogP contribution in [0.1, 0.15) is 12.0 Å². The molecule has 2 aromatic rings. The predicted octanol–water partition coefficient (Wildman–Crippen LogP) is 2.85. The van der Waals surface area contributed by atoms with Gasteiger partial charge in [-0.2, -0.15) is 5.10 Å². The molecule has 3 rings (SSSR count). The second-order valence-electron chi connectivity index (χ2n) is 5.89. The number of carbonyl (C=O) groups excluding carboxylic acids is 2. The summed E-state index contributed by atoms with van der Waals surface area (Å²) in [6.07, 6.45) is 1.70. The summed E-state index contributed by atoms with van der Waals surface area (Å²) in [7, 11) is 1.58. The normalized spacial score (nSPS) is 16.9. The van der Waals surface area contributed by atoms with Crippen molar-refractivity contribution in [1.82, 2.24) is 5.43 Å². The fraction of sp³-hybridized carbons (Fsp3) is 0.211. The molecular weight excluding hydrogens is 354 g/mol. The van der Waals surface area contributed by atoms with Crippen LogP contribution >= 0.6 is 11.6 Å². The molecule has 7 heteroatoms. The molecule has 1 aliphatic heterocycles. The molecule has 1 heterocycles. The van der Waals surface area contributed by atoms with Crippen molar-refractivity contribution in [2.75, 3.05) is 18.6 Å². The quantitative estimate of drug-likeness (QED) is 0.649. The zero-order chi connectivity index (χ0) is 18.5. The standard InChI is InChI=1S/C19H18ClN3O3/c1-26-17-8-6-16(7-9-17)23-12-14(10-18(23)24)19(25)22-21-11-13-2-4-15(20)5-3-13/h2-9,11,14H,10,12H2,1H3,(H,22,25). The Kier molecular flexibility index (Phi) is 5.53.